The summed E-state index contributed by atoms with van der Waals surface area (Å²) in [5.41, 5.74) is 3.30. The maximum Gasteiger partial charge on any atom is 0.273 e. The van der Waals surface area contributed by atoms with Gasteiger partial charge >= 0.3 is 0 Å². The SMILES string of the molecule is Cc1cccc(OCCN(C)C(=O)c2cscn2)c1. The number of hydrogen-bond donors (Lipinski definition) is 0. The average Bonchev–Trinajstić information content (AvgIpc) is 2.91. The van der Waals surface area contributed by atoms with Gasteiger partial charge in [-0.15, -0.1) is 11.3 Å². The first-order valence-corrected chi connectivity index (χ1v) is 6.94. The minimum absolute atomic E-state index is 0.0749. The lowest BCUT2D eigenvalue weighted by molar-refractivity contribution is 0.0769. The molecule has 0 unspecified atom stereocenters. The second kappa shape index (κ2) is 6.33. The van der Waals surface area contributed by atoms with Gasteiger partial charge in [-0.3, -0.25) is 4.79 Å². The zero-order valence-electron chi connectivity index (χ0n) is 11.0. The van der Waals surface area contributed by atoms with Crippen LogP contribution in [0, 0.1) is 6.92 Å². The number of ether oxygens (including phenoxy) is 1. The Balaban J connectivity index is 1.81. The Hall–Kier alpha value is -1.88. The molecule has 0 N–H and O–H groups in total. The molecule has 2 rings (SSSR count). The molecule has 0 spiro atoms. The van der Waals surface area contributed by atoms with Gasteiger partial charge in [-0.25, -0.2) is 4.98 Å². The van der Waals surface area contributed by atoms with Crippen LogP contribution in [0.3, 0.4) is 0 Å². The first-order valence-electron chi connectivity index (χ1n) is 6.00. The van der Waals surface area contributed by atoms with E-state index < -0.39 is 0 Å². The Morgan fingerprint density at radius 1 is 1.47 bits per heavy atom. The predicted octanol–water partition coefficient (Wildman–Crippen LogP) is 2.60. The van der Waals surface area contributed by atoms with Crippen molar-refractivity contribution in [2.45, 2.75) is 6.92 Å². The Bertz CT molecular complexity index is 540. The molecule has 19 heavy (non-hydrogen) atoms. The van der Waals surface area contributed by atoms with Crippen molar-refractivity contribution in [2.24, 2.45) is 0 Å². The van der Waals surface area contributed by atoms with Crippen LogP contribution in [0.25, 0.3) is 0 Å². The Morgan fingerprint density at radius 2 is 2.32 bits per heavy atom. The number of amides is 1. The quantitative estimate of drug-likeness (QED) is 0.843. The third kappa shape index (κ3) is 3.79. The van der Waals surface area contributed by atoms with Crippen molar-refractivity contribution in [3.8, 4) is 5.75 Å². The number of aryl methyl sites for hydroxylation is 1. The van der Waals surface area contributed by atoms with E-state index >= 15 is 0 Å². The highest BCUT2D eigenvalue weighted by Crippen LogP contribution is 2.12. The monoisotopic (exact) mass is 276 g/mol. The molecule has 0 bridgehead atoms. The summed E-state index contributed by atoms with van der Waals surface area (Å²) in [4.78, 5) is 17.5. The van der Waals surface area contributed by atoms with E-state index in [1.807, 2.05) is 31.2 Å². The lowest BCUT2D eigenvalue weighted by Gasteiger charge is -2.16. The van der Waals surface area contributed by atoms with E-state index in [0.29, 0.717) is 18.8 Å². The summed E-state index contributed by atoms with van der Waals surface area (Å²) in [5.74, 6) is 0.753. The molecular weight excluding hydrogens is 260 g/mol. The molecule has 1 amide bonds. The topological polar surface area (TPSA) is 42.4 Å². The van der Waals surface area contributed by atoms with Gasteiger partial charge in [-0.2, -0.15) is 0 Å². The third-order valence-corrected chi connectivity index (χ3v) is 3.27. The van der Waals surface area contributed by atoms with Crippen LogP contribution in [0.5, 0.6) is 5.75 Å². The highest BCUT2D eigenvalue weighted by atomic mass is 32.1. The van der Waals surface area contributed by atoms with E-state index in [0.717, 1.165) is 11.3 Å². The number of rotatable bonds is 5. The van der Waals surface area contributed by atoms with Crippen LogP contribution in [-0.2, 0) is 0 Å². The van der Waals surface area contributed by atoms with Crippen LogP contribution in [0.4, 0.5) is 0 Å². The van der Waals surface area contributed by atoms with Gasteiger partial charge in [0.05, 0.1) is 12.1 Å². The molecule has 1 heterocycles. The molecular formula is C14H16N2O2S. The van der Waals surface area contributed by atoms with Crippen molar-refractivity contribution in [3.05, 3.63) is 46.4 Å². The fourth-order valence-electron chi connectivity index (χ4n) is 1.62. The summed E-state index contributed by atoms with van der Waals surface area (Å²) < 4.78 is 5.61. The lowest BCUT2D eigenvalue weighted by Crippen LogP contribution is -2.31. The third-order valence-electron chi connectivity index (χ3n) is 2.68. The first-order chi connectivity index (χ1) is 9.16. The number of hydrogen-bond acceptors (Lipinski definition) is 4. The van der Waals surface area contributed by atoms with Gasteiger partial charge in [-0.05, 0) is 24.6 Å². The van der Waals surface area contributed by atoms with Crippen molar-refractivity contribution in [2.75, 3.05) is 20.2 Å². The van der Waals surface area contributed by atoms with Gasteiger partial charge in [0.2, 0.25) is 0 Å². The van der Waals surface area contributed by atoms with Crippen molar-refractivity contribution in [3.63, 3.8) is 0 Å². The van der Waals surface area contributed by atoms with E-state index in [1.165, 1.54) is 11.3 Å². The van der Waals surface area contributed by atoms with Gasteiger partial charge in [-0.1, -0.05) is 12.1 Å². The molecule has 4 nitrogen and oxygen atoms in total. The second-order valence-electron chi connectivity index (χ2n) is 4.27. The summed E-state index contributed by atoms with van der Waals surface area (Å²) >= 11 is 1.42. The van der Waals surface area contributed by atoms with Gasteiger partial charge in [0.15, 0.2) is 0 Å². The molecule has 0 saturated heterocycles. The fourth-order valence-corrected chi connectivity index (χ4v) is 2.15. The predicted molar refractivity (Wildman–Crippen MR) is 75.7 cm³/mol. The molecule has 100 valence electrons. The van der Waals surface area contributed by atoms with Gasteiger partial charge in [0, 0.05) is 12.4 Å². The van der Waals surface area contributed by atoms with Crippen LogP contribution in [-0.4, -0.2) is 36.0 Å². The maximum atomic E-state index is 11.9. The summed E-state index contributed by atoms with van der Waals surface area (Å²) in [6, 6.07) is 7.86. The van der Waals surface area contributed by atoms with Crippen molar-refractivity contribution < 1.29 is 9.53 Å². The fraction of sp³-hybridized carbons (Fsp3) is 0.286. The smallest absolute Gasteiger partial charge is 0.273 e. The number of carbonyl (C=O) groups is 1. The number of aromatic nitrogens is 1. The molecule has 5 heteroatoms. The summed E-state index contributed by atoms with van der Waals surface area (Å²) in [6.45, 7) is 3.02. The largest absolute Gasteiger partial charge is 0.492 e. The number of thiazole rings is 1. The highest BCUT2D eigenvalue weighted by Gasteiger charge is 2.13. The van der Waals surface area contributed by atoms with Crippen LogP contribution in [0.1, 0.15) is 16.1 Å². The standard InChI is InChI=1S/C14H16N2O2S/c1-11-4-3-5-12(8-11)18-7-6-16(2)14(17)13-9-19-10-15-13/h3-5,8-10H,6-7H2,1-2H3. The highest BCUT2D eigenvalue weighted by molar-refractivity contribution is 7.07. The Labute approximate surface area is 116 Å². The van der Waals surface area contributed by atoms with Crippen LogP contribution in [0.15, 0.2) is 35.2 Å². The minimum atomic E-state index is -0.0749. The number of carbonyl (C=O) groups excluding carboxylic acids is 1. The zero-order chi connectivity index (χ0) is 13.7. The minimum Gasteiger partial charge on any atom is -0.492 e. The molecule has 0 fully saturated rings. The Kier molecular flexibility index (Phi) is 4.52. The molecule has 0 aliphatic rings. The normalized spacial score (nSPS) is 10.2. The first kappa shape index (κ1) is 13.5. The lowest BCUT2D eigenvalue weighted by atomic mass is 10.2. The van der Waals surface area contributed by atoms with Gasteiger partial charge in [0.1, 0.15) is 18.1 Å². The molecule has 1 aromatic carbocycles. The van der Waals surface area contributed by atoms with Crippen molar-refractivity contribution >= 4 is 17.2 Å². The number of benzene rings is 1. The molecule has 1 aromatic heterocycles. The van der Waals surface area contributed by atoms with E-state index in [2.05, 4.69) is 4.98 Å². The number of nitrogens with zero attached hydrogens (tertiary/aromatic N) is 2. The van der Waals surface area contributed by atoms with Gasteiger partial charge < -0.3 is 9.64 Å². The van der Waals surface area contributed by atoms with Gasteiger partial charge in [0.25, 0.3) is 5.91 Å². The van der Waals surface area contributed by atoms with Crippen molar-refractivity contribution in [1.82, 2.24) is 9.88 Å². The van der Waals surface area contributed by atoms with E-state index in [1.54, 1.807) is 22.8 Å². The summed E-state index contributed by atoms with van der Waals surface area (Å²) in [5, 5.41) is 1.75. The van der Waals surface area contributed by atoms with Crippen LogP contribution in [0.2, 0.25) is 0 Å². The number of likely N-dealkylation sites (N-methyl/N-ethyl adjacent to an activating group) is 1. The molecule has 0 radical (unpaired) electrons. The summed E-state index contributed by atoms with van der Waals surface area (Å²) in [7, 11) is 1.75. The molecule has 0 aliphatic carbocycles. The molecule has 0 aliphatic heterocycles. The summed E-state index contributed by atoms with van der Waals surface area (Å²) in [6.07, 6.45) is 0. The Morgan fingerprint density at radius 3 is 3.00 bits per heavy atom. The molecule has 0 saturated carbocycles. The van der Waals surface area contributed by atoms with Crippen molar-refractivity contribution in [1.29, 1.82) is 0 Å². The van der Waals surface area contributed by atoms with Crippen LogP contribution < -0.4 is 4.74 Å². The van der Waals surface area contributed by atoms with Crippen LogP contribution >= 0.6 is 11.3 Å². The average molecular weight is 276 g/mol. The molecule has 0 atom stereocenters. The van der Waals surface area contributed by atoms with E-state index in [-0.39, 0.29) is 5.91 Å². The van der Waals surface area contributed by atoms with E-state index in [9.17, 15) is 4.79 Å². The molecule has 2 aromatic rings. The van der Waals surface area contributed by atoms with E-state index in [4.69, 9.17) is 4.74 Å². The zero-order valence-corrected chi connectivity index (χ0v) is 11.8. The maximum absolute atomic E-state index is 11.9. The second-order valence-corrected chi connectivity index (χ2v) is 4.98.